The van der Waals surface area contributed by atoms with Crippen LogP contribution in [-0.2, 0) is 19.3 Å². The highest BCUT2D eigenvalue weighted by Gasteiger charge is 2.24. The third-order valence-corrected chi connectivity index (χ3v) is 7.19. The Labute approximate surface area is 191 Å². The molecule has 2 aromatic heterocycles. The number of anilines is 2. The van der Waals surface area contributed by atoms with Crippen LogP contribution >= 0.6 is 0 Å². The van der Waals surface area contributed by atoms with Crippen LogP contribution in [-0.4, -0.2) is 60.5 Å². The fourth-order valence-corrected chi connectivity index (χ4v) is 4.89. The van der Waals surface area contributed by atoms with Crippen molar-refractivity contribution in [2.75, 3.05) is 31.4 Å². The Balaban J connectivity index is 1.50. The van der Waals surface area contributed by atoms with Crippen molar-refractivity contribution in [3.05, 3.63) is 48.3 Å². The number of nitrogens with zero attached hydrogens (tertiary/aromatic N) is 3. The van der Waals surface area contributed by atoms with Crippen LogP contribution in [0.15, 0.2) is 41.6 Å². The van der Waals surface area contributed by atoms with Crippen molar-refractivity contribution in [3.63, 3.8) is 0 Å². The van der Waals surface area contributed by atoms with E-state index in [4.69, 9.17) is 9.47 Å². The van der Waals surface area contributed by atoms with Crippen LogP contribution in [0.5, 0.6) is 0 Å². The number of hydrogen-bond donors (Lipinski definition) is 2. The quantitative estimate of drug-likeness (QED) is 0.508. The molecular formula is C22H26FN5O4S. The summed E-state index contributed by atoms with van der Waals surface area (Å²) in [5.74, 6) is 0.522. The van der Waals surface area contributed by atoms with Gasteiger partial charge in [-0.05, 0) is 44.0 Å². The molecule has 176 valence electrons. The number of halogens is 1. The molecule has 1 fully saturated rings. The van der Waals surface area contributed by atoms with Gasteiger partial charge in [0.2, 0.25) is 5.95 Å². The van der Waals surface area contributed by atoms with E-state index in [1.807, 2.05) is 6.92 Å². The summed E-state index contributed by atoms with van der Waals surface area (Å²) in [4.78, 5) is 16.1. The Morgan fingerprint density at radius 3 is 2.76 bits per heavy atom. The van der Waals surface area contributed by atoms with E-state index in [0.29, 0.717) is 18.0 Å². The predicted molar refractivity (Wildman–Crippen MR) is 121 cm³/mol. The van der Waals surface area contributed by atoms with Gasteiger partial charge in [-0.2, -0.15) is 0 Å². The maximum absolute atomic E-state index is 14.5. The first-order chi connectivity index (χ1) is 15.9. The second kappa shape index (κ2) is 9.94. The third-order valence-electron chi connectivity index (χ3n) is 5.49. The first kappa shape index (κ1) is 23.3. The van der Waals surface area contributed by atoms with Crippen LogP contribution in [0.4, 0.5) is 16.0 Å². The van der Waals surface area contributed by atoms with Crippen LogP contribution in [0, 0.1) is 5.82 Å². The molecule has 1 aliphatic rings. The van der Waals surface area contributed by atoms with E-state index in [-0.39, 0.29) is 40.9 Å². The predicted octanol–water partition coefficient (Wildman–Crippen LogP) is 3.45. The number of aromatic nitrogens is 4. The van der Waals surface area contributed by atoms with E-state index in [2.05, 4.69) is 25.3 Å². The summed E-state index contributed by atoms with van der Waals surface area (Å²) in [5, 5.41) is 2.98. The second-order valence-electron chi connectivity index (χ2n) is 7.94. The number of methoxy groups -OCH3 is 1. The molecule has 0 radical (unpaired) electrons. The molecule has 1 saturated heterocycles. The minimum atomic E-state index is -3.42. The van der Waals surface area contributed by atoms with Gasteiger partial charge in [0.25, 0.3) is 0 Å². The number of ether oxygens (including phenoxy) is 2. The SMILES string of the molecule is COCCS(=O)(=O)c1ccc(Nc2ncc(F)c(-c3cnc(C4CCOC(C)C4)[nH]3)n2)cc1. The highest BCUT2D eigenvalue weighted by Crippen LogP contribution is 2.30. The number of rotatable bonds is 8. The lowest BCUT2D eigenvalue weighted by atomic mass is 9.96. The minimum Gasteiger partial charge on any atom is -0.384 e. The number of benzene rings is 1. The highest BCUT2D eigenvalue weighted by atomic mass is 32.2. The zero-order valence-corrected chi connectivity index (χ0v) is 19.2. The molecule has 0 saturated carbocycles. The van der Waals surface area contributed by atoms with Gasteiger partial charge in [0.1, 0.15) is 11.5 Å². The first-order valence-corrected chi connectivity index (χ1v) is 12.3. The average Bonchev–Trinajstić information content (AvgIpc) is 3.30. The summed E-state index contributed by atoms with van der Waals surface area (Å²) in [6.45, 7) is 2.82. The number of hydrogen-bond acceptors (Lipinski definition) is 8. The summed E-state index contributed by atoms with van der Waals surface area (Å²) in [6.07, 6.45) is 4.53. The molecule has 0 bridgehead atoms. The maximum atomic E-state index is 14.5. The first-order valence-electron chi connectivity index (χ1n) is 10.6. The van der Waals surface area contributed by atoms with E-state index in [1.165, 1.54) is 19.2 Å². The van der Waals surface area contributed by atoms with Crippen molar-refractivity contribution in [2.45, 2.75) is 36.7 Å². The smallest absolute Gasteiger partial charge is 0.227 e. The minimum absolute atomic E-state index is 0.0975. The molecule has 9 nitrogen and oxygen atoms in total. The molecule has 4 rings (SSSR count). The Bertz CT molecular complexity index is 1200. The molecule has 3 aromatic rings. The van der Waals surface area contributed by atoms with Crippen molar-refractivity contribution in [1.82, 2.24) is 19.9 Å². The number of H-pyrrole nitrogens is 1. The van der Waals surface area contributed by atoms with E-state index in [1.54, 1.807) is 18.3 Å². The second-order valence-corrected chi connectivity index (χ2v) is 10.0. The molecule has 2 N–H and O–H groups in total. The number of sulfone groups is 1. The van der Waals surface area contributed by atoms with Gasteiger partial charge >= 0.3 is 0 Å². The molecule has 2 unspecified atom stereocenters. The highest BCUT2D eigenvalue weighted by molar-refractivity contribution is 7.91. The van der Waals surface area contributed by atoms with Gasteiger partial charge in [-0.3, -0.25) is 0 Å². The van der Waals surface area contributed by atoms with Crippen LogP contribution in [0.25, 0.3) is 11.4 Å². The lowest BCUT2D eigenvalue weighted by Gasteiger charge is -2.25. The summed E-state index contributed by atoms with van der Waals surface area (Å²) >= 11 is 0. The Morgan fingerprint density at radius 2 is 2.03 bits per heavy atom. The Morgan fingerprint density at radius 1 is 1.24 bits per heavy atom. The zero-order valence-electron chi connectivity index (χ0n) is 18.4. The zero-order chi connectivity index (χ0) is 23.4. The molecule has 1 aromatic carbocycles. The van der Waals surface area contributed by atoms with Crippen molar-refractivity contribution in [2.24, 2.45) is 0 Å². The molecule has 33 heavy (non-hydrogen) atoms. The van der Waals surface area contributed by atoms with Crippen molar-refractivity contribution >= 4 is 21.5 Å². The third kappa shape index (κ3) is 5.55. The molecular weight excluding hydrogens is 449 g/mol. The number of imidazole rings is 1. The lowest BCUT2D eigenvalue weighted by Crippen LogP contribution is -2.22. The normalized spacial score (nSPS) is 18.9. The van der Waals surface area contributed by atoms with Crippen LogP contribution in [0.1, 0.15) is 31.5 Å². The average molecular weight is 476 g/mol. The van der Waals surface area contributed by atoms with E-state index in [9.17, 15) is 12.8 Å². The molecule has 11 heteroatoms. The summed E-state index contributed by atoms with van der Waals surface area (Å²) < 4.78 is 49.4. The van der Waals surface area contributed by atoms with E-state index >= 15 is 0 Å². The van der Waals surface area contributed by atoms with E-state index < -0.39 is 15.7 Å². The van der Waals surface area contributed by atoms with Gasteiger partial charge in [0.15, 0.2) is 15.7 Å². The van der Waals surface area contributed by atoms with Crippen LogP contribution in [0.3, 0.4) is 0 Å². The molecule has 0 spiro atoms. The molecule has 0 aliphatic carbocycles. The standard InChI is InChI=1S/C22H26FN5O4S/c1-14-11-15(7-8-32-14)21-24-13-19(27-21)20-18(23)12-25-22(28-20)26-16-3-5-17(6-4-16)33(29,30)10-9-31-2/h3-6,12-15H,7-11H2,1-2H3,(H,24,27)(H,25,26,28). The summed E-state index contributed by atoms with van der Waals surface area (Å²) in [5.41, 5.74) is 1.14. The lowest BCUT2D eigenvalue weighted by molar-refractivity contribution is 0.0174. The van der Waals surface area contributed by atoms with Crippen LogP contribution in [0.2, 0.25) is 0 Å². The van der Waals surface area contributed by atoms with Gasteiger partial charge in [0, 0.05) is 25.3 Å². The van der Waals surface area contributed by atoms with Gasteiger partial charge in [0.05, 0.1) is 41.4 Å². The number of aromatic amines is 1. The van der Waals surface area contributed by atoms with Gasteiger partial charge < -0.3 is 19.8 Å². The van der Waals surface area contributed by atoms with Crippen molar-refractivity contribution in [3.8, 4) is 11.4 Å². The summed E-state index contributed by atoms with van der Waals surface area (Å²) in [6, 6.07) is 6.20. The van der Waals surface area contributed by atoms with Gasteiger partial charge in [-0.25, -0.2) is 27.8 Å². The molecule has 2 atom stereocenters. The van der Waals surface area contributed by atoms with Gasteiger partial charge in [-0.15, -0.1) is 0 Å². The number of nitrogens with one attached hydrogen (secondary N) is 2. The monoisotopic (exact) mass is 475 g/mol. The fraction of sp³-hybridized carbons (Fsp3) is 0.409. The summed E-state index contributed by atoms with van der Waals surface area (Å²) in [7, 11) is -1.97. The maximum Gasteiger partial charge on any atom is 0.227 e. The Kier molecular flexibility index (Phi) is 7.01. The molecule has 3 heterocycles. The molecule has 1 aliphatic heterocycles. The van der Waals surface area contributed by atoms with E-state index in [0.717, 1.165) is 24.9 Å². The van der Waals surface area contributed by atoms with Crippen molar-refractivity contribution < 1.29 is 22.3 Å². The molecule has 0 amide bonds. The Hall–Kier alpha value is -2.89. The topological polar surface area (TPSA) is 119 Å². The fourth-order valence-electron chi connectivity index (χ4n) is 3.71. The van der Waals surface area contributed by atoms with Crippen molar-refractivity contribution in [1.29, 1.82) is 0 Å². The largest absolute Gasteiger partial charge is 0.384 e. The van der Waals surface area contributed by atoms with Crippen LogP contribution < -0.4 is 5.32 Å². The van der Waals surface area contributed by atoms with Gasteiger partial charge in [-0.1, -0.05) is 0 Å².